The molecule has 0 bridgehead atoms. The zero-order chi connectivity index (χ0) is 11.3. The third-order valence-electron chi connectivity index (χ3n) is 1.89. The number of hydrogen-bond donors (Lipinski definition) is 2. The number of anilines is 2. The van der Waals surface area contributed by atoms with Crippen LogP contribution in [-0.4, -0.2) is 30.2 Å². The molecule has 5 nitrogen and oxygen atoms in total. The molecule has 0 aromatic carbocycles. The summed E-state index contributed by atoms with van der Waals surface area (Å²) in [5.41, 5.74) is 5.54. The number of halogens is 1. The van der Waals surface area contributed by atoms with Crippen molar-refractivity contribution in [2.45, 2.75) is 6.92 Å². The molecule has 0 saturated heterocycles. The average Bonchev–Trinajstić information content (AvgIpc) is 2.21. The van der Waals surface area contributed by atoms with E-state index in [0.29, 0.717) is 23.4 Å². The van der Waals surface area contributed by atoms with E-state index in [1.807, 2.05) is 0 Å². The molecule has 1 heterocycles. The van der Waals surface area contributed by atoms with Crippen LogP contribution in [0.25, 0.3) is 0 Å². The number of hydrogen-bond acceptors (Lipinski definition) is 5. The quantitative estimate of drug-likeness (QED) is 0.800. The van der Waals surface area contributed by atoms with Gasteiger partial charge in [-0.3, -0.25) is 0 Å². The van der Waals surface area contributed by atoms with Crippen LogP contribution in [0.1, 0.15) is 6.92 Å². The summed E-state index contributed by atoms with van der Waals surface area (Å²) in [7, 11) is 1.67. The number of methoxy groups -OCH3 is 1. The molecule has 84 valence electrons. The van der Waals surface area contributed by atoms with E-state index in [1.165, 1.54) is 6.33 Å². The van der Waals surface area contributed by atoms with E-state index in [1.54, 1.807) is 7.11 Å². The van der Waals surface area contributed by atoms with Crippen molar-refractivity contribution in [2.24, 2.45) is 5.92 Å². The smallest absolute Gasteiger partial charge is 0.150 e. The lowest BCUT2D eigenvalue weighted by Crippen LogP contribution is -2.17. The highest BCUT2D eigenvalue weighted by Gasteiger charge is 2.07. The topological polar surface area (TPSA) is 73.1 Å². The van der Waals surface area contributed by atoms with Gasteiger partial charge in [0, 0.05) is 13.7 Å². The highest BCUT2D eigenvalue weighted by Crippen LogP contribution is 2.23. The summed E-state index contributed by atoms with van der Waals surface area (Å²) in [4.78, 5) is 7.77. The first-order chi connectivity index (χ1) is 7.15. The molecule has 0 amide bonds. The number of aromatic nitrogens is 2. The molecule has 1 aromatic rings. The summed E-state index contributed by atoms with van der Waals surface area (Å²) in [5.74, 6) is 1.22. The fourth-order valence-electron chi connectivity index (χ4n) is 1.12. The van der Waals surface area contributed by atoms with Crippen molar-refractivity contribution < 1.29 is 4.74 Å². The summed E-state index contributed by atoms with van der Waals surface area (Å²) in [5, 5.41) is 3.46. The van der Waals surface area contributed by atoms with E-state index in [9.17, 15) is 0 Å². The Bertz CT molecular complexity index is 321. The minimum atomic E-state index is 0.286. The van der Waals surface area contributed by atoms with Gasteiger partial charge >= 0.3 is 0 Å². The first-order valence-corrected chi connectivity index (χ1v) is 5.01. The Kier molecular flexibility index (Phi) is 4.58. The van der Waals surface area contributed by atoms with Crippen molar-refractivity contribution in [3.8, 4) is 0 Å². The minimum absolute atomic E-state index is 0.286. The van der Waals surface area contributed by atoms with Gasteiger partial charge in [0.25, 0.3) is 0 Å². The highest BCUT2D eigenvalue weighted by atomic mass is 35.5. The van der Waals surface area contributed by atoms with Crippen LogP contribution in [0, 0.1) is 5.92 Å². The van der Waals surface area contributed by atoms with Crippen LogP contribution in [0.3, 0.4) is 0 Å². The van der Waals surface area contributed by atoms with Crippen LogP contribution in [0.2, 0.25) is 5.02 Å². The number of nitrogens with zero attached hydrogens (tertiary/aromatic N) is 2. The second-order valence-electron chi connectivity index (χ2n) is 3.36. The van der Waals surface area contributed by atoms with Gasteiger partial charge in [-0.2, -0.15) is 0 Å². The molecule has 0 fully saturated rings. The van der Waals surface area contributed by atoms with E-state index >= 15 is 0 Å². The highest BCUT2D eigenvalue weighted by molar-refractivity contribution is 6.35. The third kappa shape index (κ3) is 3.53. The first-order valence-electron chi connectivity index (χ1n) is 4.64. The monoisotopic (exact) mass is 230 g/mol. The van der Waals surface area contributed by atoms with Gasteiger partial charge in [-0.05, 0) is 5.92 Å². The number of nitrogen functional groups attached to an aromatic ring is 1. The van der Waals surface area contributed by atoms with Crippen molar-refractivity contribution >= 4 is 23.2 Å². The van der Waals surface area contributed by atoms with Crippen molar-refractivity contribution in [1.29, 1.82) is 0 Å². The summed E-state index contributed by atoms with van der Waals surface area (Å²) < 4.78 is 5.02. The Morgan fingerprint density at radius 1 is 1.60 bits per heavy atom. The van der Waals surface area contributed by atoms with Gasteiger partial charge in [0.15, 0.2) is 0 Å². The predicted molar refractivity (Wildman–Crippen MR) is 61.0 cm³/mol. The van der Waals surface area contributed by atoms with Gasteiger partial charge in [-0.25, -0.2) is 9.97 Å². The van der Waals surface area contributed by atoms with Crippen molar-refractivity contribution in [2.75, 3.05) is 31.3 Å². The molecule has 6 heteroatoms. The summed E-state index contributed by atoms with van der Waals surface area (Å²) in [6, 6.07) is 0. The van der Waals surface area contributed by atoms with Crippen LogP contribution in [-0.2, 0) is 4.74 Å². The second kappa shape index (κ2) is 5.72. The van der Waals surface area contributed by atoms with Gasteiger partial charge in [-0.15, -0.1) is 0 Å². The van der Waals surface area contributed by atoms with E-state index in [0.717, 1.165) is 6.54 Å². The summed E-state index contributed by atoms with van der Waals surface area (Å²) in [6.45, 7) is 3.48. The zero-order valence-corrected chi connectivity index (χ0v) is 9.58. The predicted octanol–water partition coefficient (Wildman–Crippen LogP) is 1.41. The molecular weight excluding hydrogens is 216 g/mol. The molecule has 1 unspecified atom stereocenters. The normalized spacial score (nSPS) is 12.5. The molecule has 0 aliphatic carbocycles. The van der Waals surface area contributed by atoms with E-state index in [2.05, 4.69) is 22.2 Å². The van der Waals surface area contributed by atoms with Gasteiger partial charge in [0.05, 0.1) is 6.61 Å². The van der Waals surface area contributed by atoms with E-state index < -0.39 is 0 Å². The Hall–Kier alpha value is -1.07. The molecule has 15 heavy (non-hydrogen) atoms. The van der Waals surface area contributed by atoms with Crippen molar-refractivity contribution in [1.82, 2.24) is 9.97 Å². The lowest BCUT2D eigenvalue weighted by Gasteiger charge is -2.12. The Morgan fingerprint density at radius 3 is 3.00 bits per heavy atom. The van der Waals surface area contributed by atoms with Gasteiger partial charge in [-0.1, -0.05) is 18.5 Å². The Balaban J connectivity index is 2.54. The molecule has 1 atom stereocenters. The minimum Gasteiger partial charge on any atom is -0.384 e. The molecule has 0 aliphatic heterocycles. The molecule has 1 aromatic heterocycles. The summed E-state index contributed by atoms with van der Waals surface area (Å²) in [6.07, 6.45) is 1.38. The summed E-state index contributed by atoms with van der Waals surface area (Å²) >= 11 is 5.91. The third-order valence-corrected chi connectivity index (χ3v) is 2.26. The van der Waals surface area contributed by atoms with Crippen molar-refractivity contribution in [3.63, 3.8) is 0 Å². The first kappa shape index (κ1) is 12.0. The largest absolute Gasteiger partial charge is 0.384 e. The second-order valence-corrected chi connectivity index (χ2v) is 3.74. The molecular formula is C9H15ClN4O. The lowest BCUT2D eigenvalue weighted by molar-refractivity contribution is 0.164. The van der Waals surface area contributed by atoms with E-state index in [-0.39, 0.29) is 5.82 Å². The Morgan fingerprint density at radius 2 is 2.33 bits per heavy atom. The van der Waals surface area contributed by atoms with Crippen molar-refractivity contribution in [3.05, 3.63) is 11.3 Å². The fraction of sp³-hybridized carbons (Fsp3) is 0.556. The maximum Gasteiger partial charge on any atom is 0.150 e. The van der Waals surface area contributed by atoms with Crippen LogP contribution in [0.4, 0.5) is 11.6 Å². The standard InChI is InChI=1S/C9H15ClN4O/c1-6(4-15-2)3-12-9-7(10)8(11)13-5-14-9/h5-6H,3-4H2,1-2H3,(H3,11,12,13,14). The van der Waals surface area contributed by atoms with Crippen LogP contribution in [0.15, 0.2) is 6.33 Å². The lowest BCUT2D eigenvalue weighted by atomic mass is 10.2. The molecule has 3 N–H and O–H groups in total. The van der Waals surface area contributed by atoms with Gasteiger partial charge in [0.2, 0.25) is 0 Å². The Labute approximate surface area is 94.0 Å². The molecule has 0 radical (unpaired) electrons. The average molecular weight is 231 g/mol. The van der Waals surface area contributed by atoms with Gasteiger partial charge in [0.1, 0.15) is 23.0 Å². The number of ether oxygens (including phenoxy) is 1. The van der Waals surface area contributed by atoms with Crippen LogP contribution >= 0.6 is 11.6 Å². The van der Waals surface area contributed by atoms with Crippen LogP contribution < -0.4 is 11.1 Å². The maximum absolute atomic E-state index is 5.91. The maximum atomic E-state index is 5.91. The SMILES string of the molecule is COCC(C)CNc1ncnc(N)c1Cl. The zero-order valence-electron chi connectivity index (χ0n) is 8.83. The molecule has 0 spiro atoms. The van der Waals surface area contributed by atoms with Crippen LogP contribution in [0.5, 0.6) is 0 Å². The number of nitrogens with two attached hydrogens (primary N) is 1. The fourth-order valence-corrected chi connectivity index (χ4v) is 1.29. The molecule has 0 saturated carbocycles. The van der Waals surface area contributed by atoms with E-state index in [4.69, 9.17) is 22.1 Å². The van der Waals surface area contributed by atoms with Gasteiger partial charge < -0.3 is 15.8 Å². The number of rotatable bonds is 5. The molecule has 1 rings (SSSR count). The number of nitrogens with one attached hydrogen (secondary N) is 1. The molecule has 0 aliphatic rings.